The second-order valence-electron chi connectivity index (χ2n) is 10.0. The predicted molar refractivity (Wildman–Crippen MR) is 133 cm³/mol. The van der Waals surface area contributed by atoms with E-state index in [0.717, 1.165) is 31.8 Å². The lowest BCUT2D eigenvalue weighted by atomic mass is 9.66. The van der Waals surface area contributed by atoms with Crippen molar-refractivity contribution in [2.45, 2.75) is 64.0 Å². The van der Waals surface area contributed by atoms with Gasteiger partial charge >= 0.3 is 6.03 Å². The average Bonchev–Trinajstić information content (AvgIpc) is 3.65. The Morgan fingerprint density at radius 3 is 2.55 bits per heavy atom. The third-order valence-corrected chi connectivity index (χ3v) is 7.81. The zero-order valence-electron chi connectivity index (χ0n) is 20.3. The van der Waals surface area contributed by atoms with E-state index in [1.807, 2.05) is 11.9 Å². The number of anilines is 1. The molecule has 0 bridgehead atoms. The van der Waals surface area contributed by atoms with E-state index in [2.05, 4.69) is 61.3 Å². The highest BCUT2D eigenvalue weighted by Crippen LogP contribution is 2.43. The van der Waals surface area contributed by atoms with E-state index in [4.69, 9.17) is 5.26 Å². The van der Waals surface area contributed by atoms with Crippen molar-refractivity contribution in [2.24, 2.45) is 5.92 Å². The maximum atomic E-state index is 13.5. The summed E-state index contributed by atoms with van der Waals surface area (Å²) >= 11 is 0. The lowest BCUT2D eigenvalue weighted by Crippen LogP contribution is -2.65. The molecule has 2 fully saturated rings. The second-order valence-corrected chi connectivity index (χ2v) is 10.0. The minimum atomic E-state index is -0.136. The first kappa shape index (κ1) is 23.3. The maximum absolute atomic E-state index is 13.5. The summed E-state index contributed by atoms with van der Waals surface area (Å²) in [6.45, 7) is 9.05. The second kappa shape index (κ2) is 9.57. The molecule has 33 heavy (non-hydrogen) atoms. The van der Waals surface area contributed by atoms with Crippen molar-refractivity contribution in [1.82, 2.24) is 9.80 Å². The van der Waals surface area contributed by atoms with Crippen LogP contribution in [0.2, 0.25) is 0 Å². The van der Waals surface area contributed by atoms with Gasteiger partial charge in [-0.3, -0.25) is 4.90 Å². The smallest absolute Gasteiger partial charge is 0.321 e. The average molecular weight is 445 g/mol. The Kier molecular flexibility index (Phi) is 6.76. The van der Waals surface area contributed by atoms with E-state index < -0.39 is 0 Å². The highest BCUT2D eigenvalue weighted by Gasteiger charge is 2.49. The summed E-state index contributed by atoms with van der Waals surface area (Å²) in [5.41, 5.74) is 3.90. The van der Waals surface area contributed by atoms with Crippen molar-refractivity contribution in [3.8, 4) is 6.07 Å². The van der Waals surface area contributed by atoms with E-state index in [9.17, 15) is 4.79 Å². The first-order valence-corrected chi connectivity index (χ1v) is 12.2. The van der Waals surface area contributed by atoms with E-state index in [-0.39, 0.29) is 23.5 Å². The van der Waals surface area contributed by atoms with Gasteiger partial charge in [0.2, 0.25) is 0 Å². The molecule has 5 nitrogen and oxygen atoms in total. The number of aryl methyl sites for hydroxylation is 1. The number of likely N-dealkylation sites (N-methyl/N-ethyl adjacent to an activating group) is 1. The normalized spacial score (nSPS) is 25.3. The Morgan fingerprint density at radius 1 is 1.21 bits per heavy atom. The molecule has 0 spiro atoms. The number of amides is 2. The van der Waals surface area contributed by atoms with Crippen LogP contribution in [-0.4, -0.2) is 48.1 Å². The summed E-state index contributed by atoms with van der Waals surface area (Å²) in [5.74, 6) is 0.818. The van der Waals surface area contributed by atoms with Crippen molar-refractivity contribution < 1.29 is 4.79 Å². The maximum Gasteiger partial charge on any atom is 0.321 e. The molecule has 0 aromatic heterocycles. The van der Waals surface area contributed by atoms with Crippen LogP contribution in [-0.2, 0) is 11.8 Å². The molecule has 1 aliphatic heterocycles. The van der Waals surface area contributed by atoms with Crippen LogP contribution >= 0.6 is 0 Å². The predicted octanol–water partition coefficient (Wildman–Crippen LogP) is 5.42. The van der Waals surface area contributed by atoms with E-state index in [1.165, 1.54) is 24.0 Å². The van der Waals surface area contributed by atoms with Gasteiger partial charge < -0.3 is 10.2 Å². The lowest BCUT2D eigenvalue weighted by molar-refractivity contribution is 0.0223. The molecular formula is C28H36N4O. The largest absolute Gasteiger partial charge is 0.322 e. The number of carbonyl (C=O) groups is 1. The van der Waals surface area contributed by atoms with Crippen LogP contribution in [0.1, 0.15) is 56.7 Å². The molecule has 1 heterocycles. The third-order valence-electron chi connectivity index (χ3n) is 7.81. The molecule has 5 heteroatoms. The van der Waals surface area contributed by atoms with Crippen molar-refractivity contribution in [2.75, 3.05) is 25.5 Å². The van der Waals surface area contributed by atoms with Gasteiger partial charge in [-0.05, 0) is 80.5 Å². The Balaban J connectivity index is 1.64. The fourth-order valence-electron chi connectivity index (χ4n) is 5.75. The molecule has 1 N–H and O–H groups in total. The molecule has 4 rings (SSSR count). The van der Waals surface area contributed by atoms with E-state index >= 15 is 0 Å². The van der Waals surface area contributed by atoms with Crippen LogP contribution in [0, 0.1) is 17.2 Å². The number of likely N-dealkylation sites (tertiary alicyclic amines) is 1. The molecule has 2 aromatic carbocycles. The Labute approximate surface area is 198 Å². The zero-order chi connectivity index (χ0) is 23.6. The van der Waals surface area contributed by atoms with Gasteiger partial charge in [0, 0.05) is 30.7 Å². The van der Waals surface area contributed by atoms with Gasteiger partial charge in [-0.2, -0.15) is 5.26 Å². The molecule has 1 aliphatic carbocycles. The van der Waals surface area contributed by atoms with Crippen LogP contribution < -0.4 is 5.32 Å². The topological polar surface area (TPSA) is 59.4 Å². The van der Waals surface area contributed by atoms with Crippen LogP contribution in [0.25, 0.3) is 0 Å². The molecule has 1 saturated carbocycles. The first-order chi connectivity index (χ1) is 15.9. The molecule has 2 aliphatic rings. The molecular weight excluding hydrogens is 408 g/mol. The number of urea groups is 1. The number of nitrogens with one attached hydrogen (secondary N) is 1. The standard InChI is InChI=1S/C28H36N4O/c1-5-23-8-6-7-9-25(23)28(3)16-17-32(19-22-10-11-22)20(2)26(28)31(4)27(33)30-24-14-12-21(18-29)13-15-24/h6-9,12-15,20,22,26H,5,10-11,16-17,19H2,1-4H3,(H,30,33)/t20?,26-,28-/m1/s1. The van der Waals surface area contributed by atoms with E-state index in [1.54, 1.807) is 24.3 Å². The summed E-state index contributed by atoms with van der Waals surface area (Å²) in [7, 11) is 1.94. The highest BCUT2D eigenvalue weighted by atomic mass is 16.2. The SMILES string of the molecule is CCc1ccccc1[C@@]1(C)CCN(CC2CC2)C(C)[C@H]1N(C)C(=O)Nc1ccc(C#N)cc1. The molecule has 2 aromatic rings. The lowest BCUT2D eigenvalue weighted by Gasteiger charge is -2.54. The fraction of sp³-hybridized carbons (Fsp3) is 0.500. The number of carbonyl (C=O) groups excluding carboxylic acids is 1. The zero-order valence-corrected chi connectivity index (χ0v) is 20.3. The van der Waals surface area contributed by atoms with Crippen LogP contribution in [0.15, 0.2) is 48.5 Å². The van der Waals surface area contributed by atoms with Gasteiger partial charge in [0.05, 0.1) is 17.7 Å². The van der Waals surface area contributed by atoms with Crippen LogP contribution in [0.5, 0.6) is 0 Å². The Hall–Kier alpha value is -2.84. The Morgan fingerprint density at radius 2 is 1.91 bits per heavy atom. The third kappa shape index (κ3) is 4.77. The van der Waals surface area contributed by atoms with Crippen molar-refractivity contribution in [3.63, 3.8) is 0 Å². The van der Waals surface area contributed by atoms with Gasteiger partial charge in [-0.25, -0.2) is 4.79 Å². The van der Waals surface area contributed by atoms with E-state index in [0.29, 0.717) is 11.3 Å². The van der Waals surface area contributed by atoms with Gasteiger partial charge in [0.25, 0.3) is 0 Å². The van der Waals surface area contributed by atoms with Crippen LogP contribution in [0.3, 0.4) is 0 Å². The summed E-state index contributed by atoms with van der Waals surface area (Å²) in [6, 6.07) is 18.1. The summed E-state index contributed by atoms with van der Waals surface area (Å²) < 4.78 is 0. The van der Waals surface area contributed by atoms with Crippen LogP contribution in [0.4, 0.5) is 10.5 Å². The Bertz CT molecular complexity index is 1020. The number of rotatable bonds is 6. The molecule has 2 amide bonds. The monoisotopic (exact) mass is 444 g/mol. The minimum absolute atomic E-state index is 0.0380. The number of hydrogen-bond donors (Lipinski definition) is 1. The number of piperidine rings is 1. The summed E-state index contributed by atoms with van der Waals surface area (Å²) in [5, 5.41) is 12.1. The molecule has 0 radical (unpaired) electrons. The number of hydrogen-bond acceptors (Lipinski definition) is 3. The fourth-order valence-corrected chi connectivity index (χ4v) is 5.75. The summed E-state index contributed by atoms with van der Waals surface area (Å²) in [6.07, 6.45) is 4.68. The van der Waals surface area contributed by atoms with Gasteiger partial charge in [-0.15, -0.1) is 0 Å². The van der Waals surface area contributed by atoms with Crippen molar-refractivity contribution >= 4 is 11.7 Å². The number of nitrogens with zero attached hydrogens (tertiary/aromatic N) is 3. The van der Waals surface area contributed by atoms with Gasteiger partial charge in [0.15, 0.2) is 0 Å². The van der Waals surface area contributed by atoms with Crippen molar-refractivity contribution in [1.29, 1.82) is 5.26 Å². The molecule has 174 valence electrons. The summed E-state index contributed by atoms with van der Waals surface area (Å²) in [4.78, 5) is 18.0. The molecule has 3 atom stereocenters. The number of nitriles is 1. The quantitative estimate of drug-likeness (QED) is 0.648. The van der Waals surface area contributed by atoms with Gasteiger partial charge in [0.1, 0.15) is 0 Å². The highest BCUT2D eigenvalue weighted by molar-refractivity contribution is 5.89. The number of benzene rings is 2. The van der Waals surface area contributed by atoms with Gasteiger partial charge in [-0.1, -0.05) is 38.1 Å². The molecule has 1 unspecified atom stereocenters. The van der Waals surface area contributed by atoms with Crippen molar-refractivity contribution in [3.05, 3.63) is 65.2 Å². The minimum Gasteiger partial charge on any atom is -0.322 e. The first-order valence-electron chi connectivity index (χ1n) is 12.2. The molecule has 1 saturated heterocycles.